The van der Waals surface area contributed by atoms with Crippen molar-refractivity contribution in [2.75, 3.05) is 5.32 Å². The molecule has 6 nitrogen and oxygen atoms in total. The van der Waals surface area contributed by atoms with E-state index in [-0.39, 0.29) is 11.5 Å². The van der Waals surface area contributed by atoms with E-state index in [9.17, 15) is 14.9 Å². The normalized spacial score (nSPS) is 9.95. The molecule has 1 aromatic heterocycles. The molecule has 0 spiro atoms. The smallest absolute Gasteiger partial charge is 0.287 e. The van der Waals surface area contributed by atoms with Gasteiger partial charge in [0.1, 0.15) is 12.0 Å². The Hall–Kier alpha value is -2.47. The number of amides is 1. The second kappa shape index (κ2) is 5.45. The van der Waals surface area contributed by atoms with Crippen LogP contribution in [0.1, 0.15) is 10.4 Å². The fraction of sp³-hybridized carbons (Fsp3) is 0. The van der Waals surface area contributed by atoms with Crippen molar-refractivity contribution in [3.63, 3.8) is 0 Å². The number of benzene rings is 1. The van der Waals surface area contributed by atoms with Crippen LogP contribution in [0.15, 0.2) is 42.6 Å². The van der Waals surface area contributed by atoms with Gasteiger partial charge in [0.25, 0.3) is 11.6 Å². The lowest BCUT2D eigenvalue weighted by molar-refractivity contribution is -0.385. The first-order valence-corrected chi connectivity index (χ1v) is 5.62. The van der Waals surface area contributed by atoms with Gasteiger partial charge in [-0.15, -0.1) is 0 Å². The predicted molar refractivity (Wildman–Crippen MR) is 70.3 cm³/mol. The molecule has 0 aliphatic rings. The number of nitro groups is 1. The summed E-state index contributed by atoms with van der Waals surface area (Å²) in [5.74, 6) is -0.206. The van der Waals surface area contributed by atoms with Gasteiger partial charge in [0, 0.05) is 6.07 Å². The van der Waals surface area contributed by atoms with Gasteiger partial charge in [-0.05, 0) is 18.2 Å². The van der Waals surface area contributed by atoms with Crippen molar-refractivity contribution in [1.29, 1.82) is 0 Å². The third-order valence-electron chi connectivity index (χ3n) is 2.32. The molecule has 2 rings (SSSR count). The molecule has 19 heavy (non-hydrogen) atoms. The number of anilines is 1. The Bertz CT molecular complexity index is 628. The number of carbonyl (C=O) groups is 1. The van der Waals surface area contributed by atoms with E-state index in [0.717, 1.165) is 6.20 Å². The van der Waals surface area contributed by atoms with Crippen molar-refractivity contribution in [1.82, 2.24) is 4.98 Å². The highest BCUT2D eigenvalue weighted by Gasteiger charge is 2.11. The second-order valence-corrected chi connectivity index (χ2v) is 4.00. The summed E-state index contributed by atoms with van der Waals surface area (Å²) in [6.07, 6.45) is 1.07. The Morgan fingerprint density at radius 3 is 2.58 bits per heavy atom. The summed E-state index contributed by atoms with van der Waals surface area (Å²) < 4.78 is 0. The largest absolute Gasteiger partial charge is 0.307 e. The first-order chi connectivity index (χ1) is 9.08. The highest BCUT2D eigenvalue weighted by atomic mass is 35.5. The van der Waals surface area contributed by atoms with Crippen molar-refractivity contribution in [3.8, 4) is 0 Å². The van der Waals surface area contributed by atoms with Crippen LogP contribution in [-0.2, 0) is 0 Å². The third-order valence-corrected chi connectivity index (χ3v) is 2.65. The zero-order valence-electron chi connectivity index (χ0n) is 9.54. The van der Waals surface area contributed by atoms with Crippen molar-refractivity contribution < 1.29 is 9.72 Å². The first kappa shape index (κ1) is 13.0. The number of hydrogen-bond donors (Lipinski definition) is 1. The molecule has 0 aliphatic carbocycles. The molecule has 2 aromatic rings. The van der Waals surface area contributed by atoms with Gasteiger partial charge >= 0.3 is 0 Å². The molecular weight excluding hydrogens is 270 g/mol. The molecular formula is C12H8ClN3O3. The molecule has 0 saturated heterocycles. The lowest BCUT2D eigenvalue weighted by atomic mass is 10.2. The van der Waals surface area contributed by atoms with Gasteiger partial charge in [-0.3, -0.25) is 14.9 Å². The zero-order valence-corrected chi connectivity index (χ0v) is 10.3. The highest BCUT2D eigenvalue weighted by Crippen LogP contribution is 2.17. The predicted octanol–water partition coefficient (Wildman–Crippen LogP) is 2.90. The van der Waals surface area contributed by atoms with Gasteiger partial charge in [0.2, 0.25) is 0 Å². The van der Waals surface area contributed by atoms with E-state index in [4.69, 9.17) is 11.6 Å². The Morgan fingerprint density at radius 2 is 2.00 bits per heavy atom. The molecule has 0 fully saturated rings. The van der Waals surface area contributed by atoms with Crippen LogP contribution in [0.4, 0.5) is 11.5 Å². The average Bonchev–Trinajstić information content (AvgIpc) is 2.39. The maximum atomic E-state index is 11.9. The summed E-state index contributed by atoms with van der Waals surface area (Å²) in [6.45, 7) is 0. The molecule has 1 heterocycles. The monoisotopic (exact) mass is 277 g/mol. The number of nitrogens with one attached hydrogen (secondary N) is 1. The third kappa shape index (κ3) is 3.05. The van der Waals surface area contributed by atoms with Gasteiger partial charge in [0.15, 0.2) is 0 Å². The molecule has 0 aliphatic heterocycles. The number of pyridine rings is 1. The SMILES string of the molecule is O=C(Nc1ccc([N+](=O)[O-])cn1)c1ccccc1Cl. The molecule has 7 heteroatoms. The van der Waals surface area contributed by atoms with Crippen LogP contribution >= 0.6 is 11.6 Å². The van der Waals surface area contributed by atoms with Crippen LogP contribution in [0, 0.1) is 10.1 Å². The van der Waals surface area contributed by atoms with E-state index in [1.807, 2.05) is 0 Å². The van der Waals surface area contributed by atoms with Crippen LogP contribution < -0.4 is 5.32 Å². The highest BCUT2D eigenvalue weighted by molar-refractivity contribution is 6.34. The van der Waals surface area contributed by atoms with E-state index >= 15 is 0 Å². The minimum absolute atomic E-state index is 0.143. The zero-order chi connectivity index (χ0) is 13.8. The van der Waals surface area contributed by atoms with Crippen LogP contribution in [-0.4, -0.2) is 15.8 Å². The maximum absolute atomic E-state index is 11.9. The maximum Gasteiger partial charge on any atom is 0.287 e. The average molecular weight is 278 g/mol. The molecule has 0 saturated carbocycles. The van der Waals surface area contributed by atoms with Gasteiger partial charge in [-0.1, -0.05) is 23.7 Å². The van der Waals surface area contributed by atoms with Gasteiger partial charge < -0.3 is 5.32 Å². The fourth-order valence-electron chi connectivity index (χ4n) is 1.40. The van der Waals surface area contributed by atoms with E-state index in [1.54, 1.807) is 24.3 Å². The summed E-state index contributed by atoms with van der Waals surface area (Å²) in [4.78, 5) is 25.6. The number of carbonyl (C=O) groups excluding carboxylic acids is 1. The minimum Gasteiger partial charge on any atom is -0.307 e. The van der Waals surface area contributed by atoms with Crippen molar-refractivity contribution in [2.24, 2.45) is 0 Å². The Morgan fingerprint density at radius 1 is 1.26 bits per heavy atom. The van der Waals surface area contributed by atoms with E-state index in [1.165, 1.54) is 12.1 Å². The summed E-state index contributed by atoms with van der Waals surface area (Å²) in [5.41, 5.74) is 0.167. The van der Waals surface area contributed by atoms with E-state index in [0.29, 0.717) is 10.6 Å². The van der Waals surface area contributed by atoms with Crippen molar-refractivity contribution in [2.45, 2.75) is 0 Å². The lowest BCUT2D eigenvalue weighted by Gasteiger charge is -2.05. The van der Waals surface area contributed by atoms with Crippen LogP contribution in [0.5, 0.6) is 0 Å². The van der Waals surface area contributed by atoms with Crippen molar-refractivity contribution in [3.05, 3.63) is 63.3 Å². The summed E-state index contributed by atoms with van der Waals surface area (Å²) >= 11 is 5.88. The van der Waals surface area contributed by atoms with Crippen LogP contribution in [0.25, 0.3) is 0 Å². The van der Waals surface area contributed by atoms with E-state index < -0.39 is 10.8 Å². The summed E-state index contributed by atoms with van der Waals surface area (Å²) in [7, 11) is 0. The molecule has 0 bridgehead atoms. The Kier molecular flexibility index (Phi) is 3.72. The Balaban J connectivity index is 2.15. The number of rotatable bonds is 3. The van der Waals surface area contributed by atoms with E-state index in [2.05, 4.69) is 10.3 Å². The summed E-state index contributed by atoms with van der Waals surface area (Å²) in [5, 5.41) is 13.3. The molecule has 0 radical (unpaired) electrons. The number of halogens is 1. The van der Waals surface area contributed by atoms with Gasteiger partial charge in [0.05, 0.1) is 15.5 Å². The van der Waals surface area contributed by atoms with Gasteiger partial charge in [-0.25, -0.2) is 4.98 Å². The second-order valence-electron chi connectivity index (χ2n) is 3.59. The number of hydrogen-bond acceptors (Lipinski definition) is 4. The first-order valence-electron chi connectivity index (χ1n) is 5.24. The number of nitrogens with zero attached hydrogens (tertiary/aromatic N) is 2. The molecule has 1 aromatic carbocycles. The van der Waals surface area contributed by atoms with Crippen LogP contribution in [0.2, 0.25) is 5.02 Å². The fourth-order valence-corrected chi connectivity index (χ4v) is 1.62. The Labute approximate surface area is 113 Å². The molecule has 0 unspecified atom stereocenters. The molecule has 1 N–H and O–H groups in total. The molecule has 96 valence electrons. The van der Waals surface area contributed by atoms with Crippen molar-refractivity contribution >= 4 is 29.0 Å². The topological polar surface area (TPSA) is 85.1 Å². The molecule has 0 atom stereocenters. The molecule has 1 amide bonds. The lowest BCUT2D eigenvalue weighted by Crippen LogP contribution is -2.13. The quantitative estimate of drug-likeness (QED) is 0.690. The van der Waals surface area contributed by atoms with Crippen LogP contribution in [0.3, 0.4) is 0 Å². The summed E-state index contributed by atoms with van der Waals surface area (Å²) in [6, 6.07) is 9.18. The standard InChI is InChI=1S/C12H8ClN3O3/c13-10-4-2-1-3-9(10)12(17)15-11-6-5-8(7-14-11)16(18)19/h1-7H,(H,14,15,17). The minimum atomic E-state index is -0.563. The number of aromatic nitrogens is 1. The van der Waals surface area contributed by atoms with Gasteiger partial charge in [-0.2, -0.15) is 0 Å².